The van der Waals surface area contributed by atoms with Crippen molar-refractivity contribution in [1.29, 1.82) is 0 Å². The first-order chi connectivity index (χ1) is 13.6. The number of sulfonamides is 1. The Morgan fingerprint density at radius 3 is 2.52 bits per heavy atom. The molecule has 1 saturated carbocycles. The number of carbonyl (C=O) groups excluding carboxylic acids is 1. The van der Waals surface area contributed by atoms with Crippen molar-refractivity contribution in [2.45, 2.75) is 51.4 Å². The Morgan fingerprint density at radius 1 is 1.24 bits per heavy atom. The molecule has 1 aromatic carbocycles. The van der Waals surface area contributed by atoms with Crippen molar-refractivity contribution < 1.29 is 31.1 Å². The Kier molecular flexibility index (Phi) is 6.42. The number of rotatable bonds is 7. The second-order valence-corrected chi connectivity index (χ2v) is 9.69. The maximum Gasteiger partial charge on any atom is 0.573 e. The first kappa shape index (κ1) is 21.9. The summed E-state index contributed by atoms with van der Waals surface area (Å²) < 4.78 is 67.5. The van der Waals surface area contributed by atoms with Gasteiger partial charge >= 0.3 is 6.36 Å². The van der Waals surface area contributed by atoms with E-state index in [2.05, 4.69) is 10.1 Å². The van der Waals surface area contributed by atoms with Crippen LogP contribution in [0.25, 0.3) is 0 Å². The average Bonchev–Trinajstić information content (AvgIpc) is 2.67. The van der Waals surface area contributed by atoms with Gasteiger partial charge in [0.15, 0.2) is 0 Å². The topological polar surface area (TPSA) is 75.7 Å². The van der Waals surface area contributed by atoms with Crippen molar-refractivity contribution in [3.8, 4) is 5.75 Å². The van der Waals surface area contributed by atoms with Gasteiger partial charge in [-0.05, 0) is 55.9 Å². The Labute approximate surface area is 168 Å². The molecule has 29 heavy (non-hydrogen) atoms. The summed E-state index contributed by atoms with van der Waals surface area (Å²) in [4.78, 5) is 12.8. The summed E-state index contributed by atoms with van der Waals surface area (Å²) >= 11 is 0. The fraction of sp³-hybridized carbons (Fsp3) is 0.632. The first-order valence-corrected chi connectivity index (χ1v) is 11.4. The molecular weight excluding hydrogens is 409 g/mol. The highest BCUT2D eigenvalue weighted by molar-refractivity contribution is 7.89. The number of amides is 1. The molecule has 2 bridgehead atoms. The van der Waals surface area contributed by atoms with E-state index in [1.165, 1.54) is 16.4 Å². The number of benzene rings is 1. The van der Waals surface area contributed by atoms with Gasteiger partial charge in [0.05, 0.1) is 11.7 Å². The Bertz CT molecular complexity index is 827. The van der Waals surface area contributed by atoms with Crippen molar-refractivity contribution in [3.63, 3.8) is 0 Å². The molecule has 1 amide bonds. The lowest BCUT2D eigenvalue weighted by Gasteiger charge is -2.48. The molecule has 2 saturated heterocycles. The number of unbranched alkanes of at least 4 members (excludes halogenated alkanes) is 1. The second-order valence-electron chi connectivity index (χ2n) is 7.65. The van der Waals surface area contributed by atoms with Gasteiger partial charge in [-0.3, -0.25) is 4.79 Å². The maximum absolute atomic E-state index is 12.8. The number of carbonyl (C=O) groups is 1. The minimum atomic E-state index is -4.78. The van der Waals surface area contributed by atoms with Gasteiger partial charge in [-0.25, -0.2) is 8.42 Å². The number of piperidine rings is 2. The molecule has 2 heterocycles. The normalized spacial score (nSPS) is 25.0. The smallest absolute Gasteiger partial charge is 0.406 e. The third-order valence-corrected chi connectivity index (χ3v) is 7.47. The average molecular weight is 434 g/mol. The van der Waals surface area contributed by atoms with Crippen LogP contribution in [0.2, 0.25) is 0 Å². The van der Waals surface area contributed by atoms with Gasteiger partial charge < -0.3 is 10.1 Å². The number of nitrogens with zero attached hydrogens (tertiary/aromatic N) is 1. The summed E-state index contributed by atoms with van der Waals surface area (Å²) in [6, 6.07) is 4.54. The molecule has 2 aliphatic heterocycles. The number of hydrogen-bond donors (Lipinski definition) is 1. The van der Waals surface area contributed by atoms with Crippen LogP contribution >= 0.6 is 0 Å². The monoisotopic (exact) mass is 434 g/mol. The molecule has 162 valence electrons. The summed E-state index contributed by atoms with van der Waals surface area (Å²) in [5.41, 5.74) is 0.339. The largest absolute Gasteiger partial charge is 0.573 e. The maximum atomic E-state index is 12.8. The van der Waals surface area contributed by atoms with Gasteiger partial charge in [0.2, 0.25) is 15.9 Å². The van der Waals surface area contributed by atoms with Crippen LogP contribution in [-0.2, 0) is 14.8 Å². The molecule has 6 nitrogen and oxygen atoms in total. The zero-order valence-corrected chi connectivity index (χ0v) is 16.9. The molecule has 3 fully saturated rings. The van der Waals surface area contributed by atoms with Crippen LogP contribution in [0.5, 0.6) is 5.75 Å². The standard InChI is InChI=1S/C19H25F3N2O4S/c1-2-3-10-29(26,27)24-12-13-4-9-17(24)16(11-13)18(25)23-14-5-7-15(8-6-14)28-19(20,21)22/h5-8,13,16-17H,2-4,9-12H2,1H3,(H,23,25)/t13-,16+,17-/m0/s1. The SMILES string of the molecule is CCCCS(=O)(=O)N1C[C@H]2CC[C@H]1[C@H](C(=O)Nc1ccc(OC(F)(F)F)cc1)C2. The molecule has 10 heteroatoms. The van der Waals surface area contributed by atoms with E-state index in [1.54, 1.807) is 0 Å². The van der Waals surface area contributed by atoms with Crippen LogP contribution in [0.1, 0.15) is 39.0 Å². The highest BCUT2D eigenvalue weighted by Crippen LogP contribution is 2.41. The van der Waals surface area contributed by atoms with Gasteiger partial charge in [-0.1, -0.05) is 13.3 Å². The highest BCUT2D eigenvalue weighted by Gasteiger charge is 2.48. The van der Waals surface area contributed by atoms with Crippen molar-refractivity contribution in [1.82, 2.24) is 4.31 Å². The summed E-state index contributed by atoms with van der Waals surface area (Å²) in [5, 5.41) is 2.70. The molecule has 1 aliphatic carbocycles. The van der Waals surface area contributed by atoms with Gasteiger partial charge in [-0.2, -0.15) is 4.31 Å². The summed E-state index contributed by atoms with van der Waals surface area (Å²) in [5.74, 6) is -0.915. The predicted octanol–water partition coefficient (Wildman–Crippen LogP) is 3.75. The van der Waals surface area contributed by atoms with E-state index in [0.717, 1.165) is 25.0 Å². The van der Waals surface area contributed by atoms with Crippen LogP contribution in [0.4, 0.5) is 18.9 Å². The van der Waals surface area contributed by atoms with E-state index in [9.17, 15) is 26.4 Å². The van der Waals surface area contributed by atoms with Crippen molar-refractivity contribution in [2.75, 3.05) is 17.6 Å². The predicted molar refractivity (Wildman–Crippen MR) is 102 cm³/mol. The Hall–Kier alpha value is -1.81. The molecule has 0 aromatic heterocycles. The molecule has 3 atom stereocenters. The second kappa shape index (κ2) is 8.51. The summed E-state index contributed by atoms with van der Waals surface area (Å²) in [6.07, 6.45) is -1.26. The number of anilines is 1. The Balaban J connectivity index is 1.68. The van der Waals surface area contributed by atoms with E-state index in [-0.39, 0.29) is 29.4 Å². The number of alkyl halides is 3. The van der Waals surface area contributed by atoms with Gasteiger partial charge in [0.1, 0.15) is 5.75 Å². The third-order valence-electron chi connectivity index (χ3n) is 5.54. The van der Waals surface area contributed by atoms with Crippen LogP contribution < -0.4 is 10.1 Å². The van der Waals surface area contributed by atoms with Crippen LogP contribution in [-0.4, -0.2) is 43.3 Å². The van der Waals surface area contributed by atoms with Crippen molar-refractivity contribution in [3.05, 3.63) is 24.3 Å². The lowest BCUT2D eigenvalue weighted by atomic mass is 9.73. The van der Waals surface area contributed by atoms with E-state index < -0.39 is 22.3 Å². The first-order valence-electron chi connectivity index (χ1n) is 9.75. The lowest BCUT2D eigenvalue weighted by molar-refractivity contribution is -0.274. The van der Waals surface area contributed by atoms with Crippen molar-refractivity contribution >= 4 is 21.6 Å². The van der Waals surface area contributed by atoms with Crippen LogP contribution in [0, 0.1) is 11.8 Å². The number of halogens is 3. The molecule has 3 aliphatic rings. The molecule has 1 N–H and O–H groups in total. The highest BCUT2D eigenvalue weighted by atomic mass is 32.2. The lowest BCUT2D eigenvalue weighted by Crippen LogP contribution is -2.58. The minimum absolute atomic E-state index is 0.0850. The van der Waals surface area contributed by atoms with E-state index in [4.69, 9.17) is 0 Å². The summed E-state index contributed by atoms with van der Waals surface area (Å²) in [6.45, 7) is 2.39. The van der Waals surface area contributed by atoms with Crippen LogP contribution in [0.3, 0.4) is 0 Å². The zero-order chi connectivity index (χ0) is 21.2. The molecule has 0 spiro atoms. The summed E-state index contributed by atoms with van der Waals surface area (Å²) in [7, 11) is -3.41. The van der Waals surface area contributed by atoms with Gasteiger partial charge in [0.25, 0.3) is 0 Å². The number of nitrogens with one attached hydrogen (secondary N) is 1. The van der Waals surface area contributed by atoms with Gasteiger partial charge in [-0.15, -0.1) is 13.2 Å². The fourth-order valence-corrected chi connectivity index (χ4v) is 6.15. The minimum Gasteiger partial charge on any atom is -0.406 e. The fourth-order valence-electron chi connectivity index (χ4n) is 4.16. The van der Waals surface area contributed by atoms with E-state index in [1.807, 2.05) is 6.92 Å². The number of ether oxygens (including phenoxy) is 1. The van der Waals surface area contributed by atoms with Gasteiger partial charge in [0, 0.05) is 18.3 Å². The molecular formula is C19H25F3N2O4S. The molecule has 1 aromatic rings. The molecule has 4 rings (SSSR count). The number of hydrogen-bond acceptors (Lipinski definition) is 4. The van der Waals surface area contributed by atoms with Crippen LogP contribution in [0.15, 0.2) is 24.3 Å². The van der Waals surface area contributed by atoms with E-state index in [0.29, 0.717) is 31.5 Å². The Morgan fingerprint density at radius 2 is 1.93 bits per heavy atom. The van der Waals surface area contributed by atoms with E-state index >= 15 is 0 Å². The molecule has 0 unspecified atom stereocenters. The molecule has 0 radical (unpaired) electrons. The number of fused-ring (bicyclic) bond motifs is 3. The third kappa shape index (κ3) is 5.42. The zero-order valence-electron chi connectivity index (χ0n) is 16.1. The quantitative estimate of drug-likeness (QED) is 0.709. The van der Waals surface area contributed by atoms with Crippen molar-refractivity contribution in [2.24, 2.45) is 11.8 Å².